The lowest BCUT2D eigenvalue weighted by atomic mass is 9.72. The second-order valence-corrected chi connectivity index (χ2v) is 7.52. The van der Waals surface area contributed by atoms with Gasteiger partial charge < -0.3 is 0 Å². The number of nitrogens with zero attached hydrogens (tertiary/aromatic N) is 2. The van der Waals surface area contributed by atoms with Crippen LogP contribution in [-0.2, 0) is 18.4 Å². The van der Waals surface area contributed by atoms with E-state index in [4.69, 9.17) is 5.10 Å². The van der Waals surface area contributed by atoms with Crippen molar-refractivity contribution in [2.45, 2.75) is 66.3 Å². The van der Waals surface area contributed by atoms with Crippen LogP contribution in [0.1, 0.15) is 59.2 Å². The highest BCUT2D eigenvalue weighted by molar-refractivity contribution is 5.22. The number of aryl methyl sites for hydroxylation is 1. The Morgan fingerprint density at radius 3 is 2.35 bits per heavy atom. The van der Waals surface area contributed by atoms with Crippen LogP contribution >= 0.6 is 0 Å². The molecule has 0 spiro atoms. The molecule has 0 amide bonds. The lowest BCUT2D eigenvalue weighted by Crippen LogP contribution is -2.26. The maximum absolute atomic E-state index is 4.76. The summed E-state index contributed by atoms with van der Waals surface area (Å²) in [5, 5.41) is 4.76. The van der Waals surface area contributed by atoms with Gasteiger partial charge in [0.25, 0.3) is 0 Å². The molecule has 0 radical (unpaired) electrons. The van der Waals surface area contributed by atoms with E-state index in [-0.39, 0.29) is 5.54 Å². The summed E-state index contributed by atoms with van der Waals surface area (Å²) in [6, 6.07) is 0. The normalized spacial score (nSPS) is 21.4. The Morgan fingerprint density at radius 2 is 1.82 bits per heavy atom. The second kappa shape index (κ2) is 3.86. The predicted molar refractivity (Wildman–Crippen MR) is 72.2 cm³/mol. The Hall–Kier alpha value is -0.790. The van der Waals surface area contributed by atoms with Crippen LogP contribution in [0.5, 0.6) is 0 Å². The first-order valence-corrected chi connectivity index (χ1v) is 6.76. The van der Waals surface area contributed by atoms with Gasteiger partial charge in [-0.15, -0.1) is 0 Å². The molecule has 0 aromatic carbocycles. The summed E-state index contributed by atoms with van der Waals surface area (Å²) in [6.07, 6.45) is 5.92. The molecule has 1 aromatic heterocycles. The van der Waals surface area contributed by atoms with E-state index < -0.39 is 0 Å². The van der Waals surface area contributed by atoms with E-state index >= 15 is 0 Å². The molecule has 0 N–H and O–H groups in total. The minimum Gasteiger partial charge on any atom is -0.267 e. The highest BCUT2D eigenvalue weighted by atomic mass is 15.3. The summed E-state index contributed by atoms with van der Waals surface area (Å²) >= 11 is 0. The third-order valence-corrected chi connectivity index (χ3v) is 3.99. The third kappa shape index (κ3) is 2.56. The maximum atomic E-state index is 4.76. The predicted octanol–water partition coefficient (Wildman–Crippen LogP) is 3.79. The standard InChI is InChI=1S/C15H26N2/c1-14(2,3)12-7-8-13-11(9-12)10-17(16-13)15(4,5)6/h10,12H,7-9H2,1-6H3. The SMILES string of the molecule is CC(C)(C)C1CCc2nn(C(C)(C)C)cc2C1. The van der Waals surface area contributed by atoms with Crippen molar-refractivity contribution in [1.29, 1.82) is 0 Å². The van der Waals surface area contributed by atoms with Gasteiger partial charge in [-0.3, -0.25) is 4.68 Å². The van der Waals surface area contributed by atoms with E-state index in [9.17, 15) is 0 Å². The molecule has 1 atom stereocenters. The molecule has 17 heavy (non-hydrogen) atoms. The van der Waals surface area contributed by atoms with Gasteiger partial charge in [-0.1, -0.05) is 20.8 Å². The van der Waals surface area contributed by atoms with E-state index in [1.54, 1.807) is 0 Å². The zero-order chi connectivity index (χ0) is 12.8. The molecule has 96 valence electrons. The zero-order valence-corrected chi connectivity index (χ0v) is 12.2. The minimum absolute atomic E-state index is 0.106. The minimum atomic E-state index is 0.106. The molecular formula is C15H26N2. The molecule has 2 nitrogen and oxygen atoms in total. The maximum Gasteiger partial charge on any atom is 0.0657 e. The number of hydrogen-bond donors (Lipinski definition) is 0. The van der Waals surface area contributed by atoms with Crippen molar-refractivity contribution in [3.63, 3.8) is 0 Å². The summed E-state index contributed by atoms with van der Waals surface area (Å²) < 4.78 is 2.14. The first-order chi connectivity index (χ1) is 7.68. The van der Waals surface area contributed by atoms with Crippen LogP contribution in [0.2, 0.25) is 0 Å². The van der Waals surface area contributed by atoms with Gasteiger partial charge >= 0.3 is 0 Å². The summed E-state index contributed by atoms with van der Waals surface area (Å²) in [7, 11) is 0. The molecule has 1 aliphatic carbocycles. The summed E-state index contributed by atoms with van der Waals surface area (Å²) in [5.41, 5.74) is 3.34. The Morgan fingerprint density at radius 1 is 1.18 bits per heavy atom. The van der Waals surface area contributed by atoms with Crippen molar-refractivity contribution < 1.29 is 0 Å². The van der Waals surface area contributed by atoms with Crippen LogP contribution in [-0.4, -0.2) is 9.78 Å². The smallest absolute Gasteiger partial charge is 0.0657 e. The molecule has 0 aliphatic heterocycles. The van der Waals surface area contributed by atoms with Gasteiger partial charge in [0, 0.05) is 6.20 Å². The fourth-order valence-corrected chi connectivity index (χ4v) is 2.59. The first kappa shape index (κ1) is 12.7. The number of rotatable bonds is 0. The van der Waals surface area contributed by atoms with Crippen molar-refractivity contribution in [2.24, 2.45) is 11.3 Å². The average molecular weight is 234 g/mol. The first-order valence-electron chi connectivity index (χ1n) is 6.76. The number of hydrogen-bond acceptors (Lipinski definition) is 1. The van der Waals surface area contributed by atoms with Gasteiger partial charge in [0.2, 0.25) is 0 Å². The monoisotopic (exact) mass is 234 g/mol. The molecular weight excluding hydrogens is 208 g/mol. The lowest BCUT2D eigenvalue weighted by molar-refractivity contribution is 0.215. The van der Waals surface area contributed by atoms with Crippen molar-refractivity contribution in [3.8, 4) is 0 Å². The molecule has 2 heteroatoms. The second-order valence-electron chi connectivity index (χ2n) is 7.52. The topological polar surface area (TPSA) is 17.8 Å². The van der Waals surface area contributed by atoms with E-state index in [0.717, 1.165) is 12.3 Å². The van der Waals surface area contributed by atoms with Crippen LogP contribution < -0.4 is 0 Å². The van der Waals surface area contributed by atoms with Crippen LogP contribution in [0.4, 0.5) is 0 Å². The third-order valence-electron chi connectivity index (χ3n) is 3.99. The van der Waals surface area contributed by atoms with Crippen molar-refractivity contribution in [2.75, 3.05) is 0 Å². The van der Waals surface area contributed by atoms with Crippen LogP contribution in [0.3, 0.4) is 0 Å². The average Bonchev–Trinajstić information content (AvgIpc) is 2.57. The van der Waals surface area contributed by atoms with Gasteiger partial charge in [0.15, 0.2) is 0 Å². The van der Waals surface area contributed by atoms with Gasteiger partial charge in [0.05, 0.1) is 11.2 Å². The number of fused-ring (bicyclic) bond motifs is 1. The summed E-state index contributed by atoms with van der Waals surface area (Å²) in [6.45, 7) is 13.7. The molecule has 0 fully saturated rings. The van der Waals surface area contributed by atoms with Crippen molar-refractivity contribution in [3.05, 3.63) is 17.5 Å². The van der Waals surface area contributed by atoms with Crippen LogP contribution in [0.25, 0.3) is 0 Å². The van der Waals surface area contributed by atoms with Crippen LogP contribution in [0, 0.1) is 11.3 Å². The van der Waals surface area contributed by atoms with E-state index in [0.29, 0.717) is 5.41 Å². The molecule has 0 saturated heterocycles. The molecule has 1 aromatic rings. The Labute approximate surface area is 105 Å². The van der Waals surface area contributed by atoms with Crippen molar-refractivity contribution >= 4 is 0 Å². The molecule has 1 heterocycles. The van der Waals surface area contributed by atoms with Gasteiger partial charge in [-0.2, -0.15) is 5.10 Å². The van der Waals surface area contributed by atoms with E-state index in [1.807, 2.05) is 0 Å². The van der Waals surface area contributed by atoms with Gasteiger partial charge in [-0.05, 0) is 56.9 Å². The molecule has 0 bridgehead atoms. The lowest BCUT2D eigenvalue weighted by Gasteiger charge is -2.33. The summed E-state index contributed by atoms with van der Waals surface area (Å²) in [4.78, 5) is 0. The summed E-state index contributed by atoms with van der Waals surface area (Å²) in [5.74, 6) is 0.799. The Bertz CT molecular complexity index is 402. The quantitative estimate of drug-likeness (QED) is 0.668. The van der Waals surface area contributed by atoms with Gasteiger partial charge in [-0.25, -0.2) is 0 Å². The highest BCUT2D eigenvalue weighted by Crippen LogP contribution is 2.37. The molecule has 2 rings (SSSR count). The van der Waals surface area contributed by atoms with E-state index in [1.165, 1.54) is 24.1 Å². The number of aromatic nitrogens is 2. The highest BCUT2D eigenvalue weighted by Gasteiger charge is 2.31. The Kier molecular flexibility index (Phi) is 2.87. The molecule has 1 aliphatic rings. The molecule has 1 unspecified atom stereocenters. The molecule has 0 saturated carbocycles. The van der Waals surface area contributed by atoms with Crippen LogP contribution in [0.15, 0.2) is 6.20 Å². The fraction of sp³-hybridized carbons (Fsp3) is 0.800. The van der Waals surface area contributed by atoms with E-state index in [2.05, 4.69) is 52.4 Å². The van der Waals surface area contributed by atoms with Gasteiger partial charge in [0.1, 0.15) is 0 Å². The van der Waals surface area contributed by atoms with Crippen molar-refractivity contribution in [1.82, 2.24) is 9.78 Å². The fourth-order valence-electron chi connectivity index (χ4n) is 2.59. The zero-order valence-electron chi connectivity index (χ0n) is 12.2. The largest absolute Gasteiger partial charge is 0.267 e. The Balaban J connectivity index is 2.25.